The average molecular weight is 212 g/mol. The van der Waals surface area contributed by atoms with Crippen molar-refractivity contribution >= 4 is 0 Å². The molecule has 1 N–H and O–H groups in total. The van der Waals surface area contributed by atoms with Gasteiger partial charge in [0.05, 0.1) is 5.69 Å². The lowest BCUT2D eigenvalue weighted by Crippen LogP contribution is -2.29. The van der Waals surface area contributed by atoms with Crippen LogP contribution in [0.25, 0.3) is 0 Å². The van der Waals surface area contributed by atoms with E-state index >= 15 is 0 Å². The van der Waals surface area contributed by atoms with Gasteiger partial charge in [0.15, 0.2) is 0 Å². The molecular formula is C11H14F2N2. The predicted molar refractivity (Wildman–Crippen MR) is 54.0 cm³/mol. The van der Waals surface area contributed by atoms with E-state index in [2.05, 4.69) is 10.3 Å². The molecule has 1 saturated heterocycles. The summed E-state index contributed by atoms with van der Waals surface area (Å²) in [5.41, 5.74) is 0.658. The van der Waals surface area contributed by atoms with Crippen LogP contribution in [0.5, 0.6) is 0 Å². The Bertz CT molecular complexity index is 322. The van der Waals surface area contributed by atoms with Crippen molar-refractivity contribution in [3.63, 3.8) is 0 Å². The molecule has 0 aliphatic carbocycles. The Balaban J connectivity index is 2.25. The zero-order chi connectivity index (χ0) is 10.7. The van der Waals surface area contributed by atoms with E-state index in [1.165, 1.54) is 6.07 Å². The maximum absolute atomic E-state index is 12.7. The largest absolute Gasteiger partial charge is 0.316 e. The van der Waals surface area contributed by atoms with Crippen LogP contribution >= 0.6 is 0 Å². The molecule has 2 rings (SSSR count). The second kappa shape index (κ2) is 4.66. The normalized spacial score (nSPS) is 21.9. The molecule has 15 heavy (non-hydrogen) atoms. The standard InChI is InChI=1S/C11H14F2N2/c12-11(13)9-4-2-6-15-10(9)8-3-1-5-14-7-8/h2,4,6,8,11,14H,1,3,5,7H2. The first-order valence-electron chi connectivity index (χ1n) is 5.22. The van der Waals surface area contributed by atoms with Crippen molar-refractivity contribution < 1.29 is 8.78 Å². The Kier molecular flexibility index (Phi) is 3.26. The van der Waals surface area contributed by atoms with Gasteiger partial charge in [0, 0.05) is 24.2 Å². The third-order valence-electron chi connectivity index (χ3n) is 2.79. The summed E-state index contributed by atoms with van der Waals surface area (Å²) < 4.78 is 25.4. The van der Waals surface area contributed by atoms with Gasteiger partial charge < -0.3 is 5.32 Å². The highest BCUT2D eigenvalue weighted by Crippen LogP contribution is 2.29. The van der Waals surface area contributed by atoms with Crippen molar-refractivity contribution in [1.29, 1.82) is 0 Å². The first kappa shape index (κ1) is 10.5. The van der Waals surface area contributed by atoms with Crippen molar-refractivity contribution in [3.05, 3.63) is 29.6 Å². The number of nitrogens with zero attached hydrogens (tertiary/aromatic N) is 1. The smallest absolute Gasteiger partial charge is 0.265 e. The molecule has 0 spiro atoms. The van der Waals surface area contributed by atoms with Crippen LogP contribution < -0.4 is 5.32 Å². The predicted octanol–water partition coefficient (Wildman–Crippen LogP) is 2.49. The molecule has 1 aliphatic rings. The molecule has 2 heterocycles. The molecule has 0 saturated carbocycles. The van der Waals surface area contributed by atoms with Crippen LogP contribution in [0.2, 0.25) is 0 Å². The van der Waals surface area contributed by atoms with E-state index < -0.39 is 6.43 Å². The molecule has 1 unspecified atom stereocenters. The summed E-state index contributed by atoms with van der Waals surface area (Å²) in [6.07, 6.45) is 1.15. The minimum absolute atomic E-state index is 0.0891. The zero-order valence-corrected chi connectivity index (χ0v) is 8.42. The molecule has 0 radical (unpaired) electrons. The Labute approximate surface area is 87.7 Å². The number of rotatable bonds is 2. The van der Waals surface area contributed by atoms with Gasteiger partial charge in [-0.05, 0) is 31.5 Å². The van der Waals surface area contributed by atoms with Crippen LogP contribution in [-0.2, 0) is 0 Å². The highest BCUT2D eigenvalue weighted by molar-refractivity contribution is 5.25. The van der Waals surface area contributed by atoms with Gasteiger partial charge in [-0.3, -0.25) is 4.98 Å². The summed E-state index contributed by atoms with van der Waals surface area (Å²) in [6, 6.07) is 3.04. The van der Waals surface area contributed by atoms with Crippen molar-refractivity contribution in [1.82, 2.24) is 10.3 Å². The van der Waals surface area contributed by atoms with Crippen molar-refractivity contribution in [3.8, 4) is 0 Å². The van der Waals surface area contributed by atoms with Gasteiger partial charge in [0.25, 0.3) is 6.43 Å². The van der Waals surface area contributed by atoms with Gasteiger partial charge in [-0.2, -0.15) is 0 Å². The number of alkyl halides is 2. The van der Waals surface area contributed by atoms with Crippen LogP contribution in [0.4, 0.5) is 8.78 Å². The van der Waals surface area contributed by atoms with Crippen molar-refractivity contribution in [2.75, 3.05) is 13.1 Å². The summed E-state index contributed by atoms with van der Waals surface area (Å²) in [5.74, 6) is 0.143. The molecule has 82 valence electrons. The first-order valence-corrected chi connectivity index (χ1v) is 5.22. The number of aromatic nitrogens is 1. The highest BCUT2D eigenvalue weighted by atomic mass is 19.3. The molecule has 1 fully saturated rings. The monoisotopic (exact) mass is 212 g/mol. The minimum atomic E-state index is -2.42. The second-order valence-electron chi connectivity index (χ2n) is 3.82. The number of nitrogens with one attached hydrogen (secondary N) is 1. The van der Waals surface area contributed by atoms with Gasteiger partial charge in [0.2, 0.25) is 0 Å². The van der Waals surface area contributed by atoms with Gasteiger partial charge >= 0.3 is 0 Å². The van der Waals surface area contributed by atoms with Crippen LogP contribution in [0.3, 0.4) is 0 Å². The Hall–Kier alpha value is -1.03. The van der Waals surface area contributed by atoms with E-state index in [0.717, 1.165) is 25.9 Å². The van der Waals surface area contributed by atoms with Gasteiger partial charge in [-0.25, -0.2) is 8.78 Å². The number of pyridine rings is 1. The molecule has 1 aromatic heterocycles. The summed E-state index contributed by atoms with van der Waals surface area (Å²) in [5, 5.41) is 3.21. The van der Waals surface area contributed by atoms with Crippen LogP contribution in [0, 0.1) is 0 Å². The van der Waals surface area contributed by atoms with E-state index in [9.17, 15) is 8.78 Å². The van der Waals surface area contributed by atoms with Crippen molar-refractivity contribution in [2.24, 2.45) is 0 Å². The van der Waals surface area contributed by atoms with E-state index in [1.54, 1.807) is 12.3 Å². The fraction of sp³-hybridized carbons (Fsp3) is 0.545. The molecule has 0 bridgehead atoms. The molecule has 4 heteroatoms. The lowest BCUT2D eigenvalue weighted by Gasteiger charge is -2.23. The second-order valence-corrected chi connectivity index (χ2v) is 3.82. The lowest BCUT2D eigenvalue weighted by atomic mass is 9.93. The van der Waals surface area contributed by atoms with E-state index in [0.29, 0.717) is 5.69 Å². The summed E-state index contributed by atoms with van der Waals surface area (Å²) in [4.78, 5) is 4.10. The Morgan fingerprint density at radius 2 is 2.33 bits per heavy atom. The topological polar surface area (TPSA) is 24.9 Å². The molecule has 0 aromatic carbocycles. The summed E-state index contributed by atoms with van der Waals surface area (Å²) >= 11 is 0. The average Bonchev–Trinajstić information content (AvgIpc) is 2.30. The Morgan fingerprint density at radius 1 is 1.47 bits per heavy atom. The van der Waals surface area contributed by atoms with E-state index in [-0.39, 0.29) is 11.5 Å². The zero-order valence-electron chi connectivity index (χ0n) is 8.42. The SMILES string of the molecule is FC(F)c1cccnc1C1CCCNC1. The fourth-order valence-corrected chi connectivity index (χ4v) is 2.04. The molecule has 1 aromatic rings. The van der Waals surface area contributed by atoms with Gasteiger partial charge in [-0.1, -0.05) is 0 Å². The van der Waals surface area contributed by atoms with E-state index in [1.807, 2.05) is 0 Å². The lowest BCUT2D eigenvalue weighted by molar-refractivity contribution is 0.148. The quantitative estimate of drug-likeness (QED) is 0.814. The Morgan fingerprint density at radius 3 is 3.00 bits per heavy atom. The van der Waals surface area contributed by atoms with E-state index in [4.69, 9.17) is 0 Å². The van der Waals surface area contributed by atoms with Crippen LogP contribution in [-0.4, -0.2) is 18.1 Å². The summed E-state index contributed by atoms with van der Waals surface area (Å²) in [7, 11) is 0. The minimum Gasteiger partial charge on any atom is -0.316 e. The molecule has 1 aliphatic heterocycles. The maximum atomic E-state index is 12.7. The number of hydrogen-bond acceptors (Lipinski definition) is 2. The van der Waals surface area contributed by atoms with Gasteiger partial charge in [-0.15, -0.1) is 0 Å². The molecular weight excluding hydrogens is 198 g/mol. The number of hydrogen-bond donors (Lipinski definition) is 1. The molecule has 2 nitrogen and oxygen atoms in total. The third-order valence-corrected chi connectivity index (χ3v) is 2.79. The molecule has 0 amide bonds. The van der Waals surface area contributed by atoms with Crippen LogP contribution in [0.1, 0.15) is 36.4 Å². The first-order chi connectivity index (χ1) is 7.29. The number of piperidine rings is 1. The third kappa shape index (κ3) is 2.31. The van der Waals surface area contributed by atoms with Crippen molar-refractivity contribution in [2.45, 2.75) is 25.2 Å². The molecule has 1 atom stereocenters. The van der Waals surface area contributed by atoms with Gasteiger partial charge in [0.1, 0.15) is 0 Å². The van der Waals surface area contributed by atoms with Crippen LogP contribution in [0.15, 0.2) is 18.3 Å². The maximum Gasteiger partial charge on any atom is 0.265 e. The summed E-state index contributed by atoms with van der Waals surface area (Å²) in [6.45, 7) is 1.74. The highest BCUT2D eigenvalue weighted by Gasteiger charge is 2.22. The fourth-order valence-electron chi connectivity index (χ4n) is 2.04. The number of halogens is 2.